The molecule has 144 valence electrons. The van der Waals surface area contributed by atoms with Crippen molar-refractivity contribution in [3.8, 4) is 0 Å². The highest BCUT2D eigenvalue weighted by Gasteiger charge is 2.24. The van der Waals surface area contributed by atoms with E-state index >= 15 is 0 Å². The summed E-state index contributed by atoms with van der Waals surface area (Å²) >= 11 is 1.58. The third-order valence-electron chi connectivity index (χ3n) is 5.30. The molecule has 0 N–H and O–H groups in total. The van der Waals surface area contributed by atoms with Gasteiger partial charge in [0.15, 0.2) is 6.61 Å². The number of esters is 1. The second kappa shape index (κ2) is 7.84. The first kappa shape index (κ1) is 18.8. The molecule has 0 amide bonds. The number of carbonyl (C=O) groups is 2. The summed E-state index contributed by atoms with van der Waals surface area (Å²) in [5.41, 5.74) is 4.04. The van der Waals surface area contributed by atoms with Gasteiger partial charge < -0.3 is 4.74 Å². The molecule has 5 heteroatoms. The van der Waals surface area contributed by atoms with Crippen LogP contribution in [0.2, 0.25) is 0 Å². The van der Waals surface area contributed by atoms with Crippen molar-refractivity contribution in [3.63, 3.8) is 0 Å². The number of fused-ring (bicyclic) bond motifs is 2. The molecule has 0 bridgehead atoms. The molecule has 0 atom stereocenters. The maximum Gasteiger partial charge on any atom is 0.339 e. The van der Waals surface area contributed by atoms with Crippen LogP contribution in [0.1, 0.15) is 61.0 Å². The minimum atomic E-state index is -0.422. The Labute approximate surface area is 168 Å². The Bertz CT molecular complexity index is 1070. The van der Waals surface area contributed by atoms with E-state index in [1.807, 2.05) is 44.2 Å². The molecular weight excluding hydrogens is 370 g/mol. The van der Waals surface area contributed by atoms with Crippen molar-refractivity contribution in [1.29, 1.82) is 0 Å². The number of benzene rings is 1. The Morgan fingerprint density at radius 3 is 2.68 bits per heavy atom. The number of carbonyl (C=O) groups excluding carboxylic acids is 2. The van der Waals surface area contributed by atoms with Gasteiger partial charge in [-0.1, -0.05) is 24.6 Å². The molecule has 0 saturated heterocycles. The van der Waals surface area contributed by atoms with Crippen LogP contribution in [0.25, 0.3) is 10.9 Å². The number of aryl methyl sites for hydroxylation is 3. The summed E-state index contributed by atoms with van der Waals surface area (Å²) < 4.78 is 5.51. The van der Waals surface area contributed by atoms with Gasteiger partial charge in [0.25, 0.3) is 0 Å². The van der Waals surface area contributed by atoms with Crippen LogP contribution in [0.3, 0.4) is 0 Å². The van der Waals surface area contributed by atoms with E-state index in [1.165, 1.54) is 0 Å². The lowest BCUT2D eigenvalue weighted by Crippen LogP contribution is -2.17. The van der Waals surface area contributed by atoms with Gasteiger partial charge in [-0.15, -0.1) is 11.3 Å². The molecule has 2 aromatic heterocycles. The first-order valence-corrected chi connectivity index (χ1v) is 10.5. The number of rotatable bonds is 4. The van der Waals surface area contributed by atoms with Gasteiger partial charge in [0.1, 0.15) is 0 Å². The Morgan fingerprint density at radius 2 is 1.89 bits per heavy atom. The summed E-state index contributed by atoms with van der Waals surface area (Å²) in [4.78, 5) is 32.5. The Kier molecular flexibility index (Phi) is 5.27. The summed E-state index contributed by atoms with van der Waals surface area (Å²) in [5, 5.41) is 0.808. The number of hydrogen-bond acceptors (Lipinski definition) is 5. The van der Waals surface area contributed by atoms with Gasteiger partial charge >= 0.3 is 5.97 Å². The number of ketones is 1. The lowest BCUT2D eigenvalue weighted by Gasteiger charge is -2.14. The van der Waals surface area contributed by atoms with E-state index in [2.05, 4.69) is 0 Å². The quantitative estimate of drug-likeness (QED) is 0.346. The highest BCUT2D eigenvalue weighted by molar-refractivity contribution is 7.12. The second-order valence-corrected chi connectivity index (χ2v) is 8.78. The summed E-state index contributed by atoms with van der Waals surface area (Å²) in [6.45, 7) is 3.66. The molecule has 1 aliphatic rings. The van der Waals surface area contributed by atoms with Crippen LogP contribution in [-0.2, 0) is 17.6 Å². The van der Waals surface area contributed by atoms with Crippen molar-refractivity contribution in [1.82, 2.24) is 4.98 Å². The molecule has 0 aliphatic heterocycles. The minimum absolute atomic E-state index is 0.153. The van der Waals surface area contributed by atoms with Crippen molar-refractivity contribution in [2.75, 3.05) is 6.61 Å². The van der Waals surface area contributed by atoms with Gasteiger partial charge in [0.05, 0.1) is 11.1 Å². The normalized spacial score (nSPS) is 13.8. The van der Waals surface area contributed by atoms with Crippen molar-refractivity contribution in [3.05, 3.63) is 62.5 Å². The maximum absolute atomic E-state index is 13.1. The molecule has 0 saturated carbocycles. The largest absolute Gasteiger partial charge is 0.454 e. The lowest BCUT2D eigenvalue weighted by molar-refractivity contribution is 0.0475. The molecule has 2 heterocycles. The molecule has 0 spiro atoms. The number of nitrogens with zero attached hydrogens (tertiary/aromatic N) is 1. The minimum Gasteiger partial charge on any atom is -0.454 e. The maximum atomic E-state index is 13.1. The van der Waals surface area contributed by atoms with Gasteiger partial charge in [-0.05, 0) is 57.2 Å². The topological polar surface area (TPSA) is 56.3 Å². The third kappa shape index (κ3) is 3.59. The standard InChI is InChI=1S/C23H23NO3S/c1-14-12-18(15(2)28-14)21(25)13-27-23(26)22-16-8-4-3-5-10-19(16)24-20-11-7-6-9-17(20)22/h6-7,9,11-12H,3-5,8,10,13H2,1-2H3. The number of pyridine rings is 1. The van der Waals surface area contributed by atoms with Crippen LogP contribution < -0.4 is 0 Å². The van der Waals surface area contributed by atoms with Crippen LogP contribution in [0.4, 0.5) is 0 Å². The number of Topliss-reactive ketones (excluding diaryl/α,β-unsaturated/α-hetero) is 1. The van der Waals surface area contributed by atoms with E-state index in [0.717, 1.165) is 64.0 Å². The van der Waals surface area contributed by atoms with Crippen molar-refractivity contribution in [2.45, 2.75) is 46.0 Å². The second-order valence-electron chi connectivity index (χ2n) is 7.32. The molecule has 1 aromatic carbocycles. The highest BCUT2D eigenvalue weighted by atomic mass is 32.1. The first-order valence-electron chi connectivity index (χ1n) is 9.72. The van der Waals surface area contributed by atoms with Gasteiger partial charge in [0, 0.05) is 26.4 Å². The number of thiophene rings is 1. The van der Waals surface area contributed by atoms with E-state index in [0.29, 0.717) is 11.1 Å². The van der Waals surface area contributed by atoms with Gasteiger partial charge in [-0.2, -0.15) is 0 Å². The fourth-order valence-corrected chi connectivity index (χ4v) is 4.91. The molecule has 0 fully saturated rings. The van der Waals surface area contributed by atoms with E-state index in [4.69, 9.17) is 9.72 Å². The van der Waals surface area contributed by atoms with Crippen LogP contribution >= 0.6 is 11.3 Å². The van der Waals surface area contributed by atoms with E-state index in [-0.39, 0.29) is 12.4 Å². The Morgan fingerprint density at radius 1 is 1.11 bits per heavy atom. The molecule has 0 unspecified atom stereocenters. The summed E-state index contributed by atoms with van der Waals surface area (Å²) in [6, 6.07) is 9.55. The monoisotopic (exact) mass is 393 g/mol. The predicted octanol–water partition coefficient (Wildman–Crippen LogP) is 5.22. The predicted molar refractivity (Wildman–Crippen MR) is 111 cm³/mol. The summed E-state index contributed by atoms with van der Waals surface area (Å²) in [7, 11) is 0. The number of ether oxygens (including phenoxy) is 1. The number of hydrogen-bond donors (Lipinski definition) is 0. The Balaban J connectivity index is 1.66. The first-order chi connectivity index (χ1) is 13.5. The van der Waals surface area contributed by atoms with Gasteiger partial charge in [-0.3, -0.25) is 9.78 Å². The zero-order valence-corrected chi connectivity index (χ0v) is 17.0. The molecule has 0 radical (unpaired) electrons. The molecular formula is C23H23NO3S. The zero-order chi connectivity index (χ0) is 19.7. The van der Waals surface area contributed by atoms with Crippen molar-refractivity contribution < 1.29 is 14.3 Å². The van der Waals surface area contributed by atoms with Crippen LogP contribution in [0, 0.1) is 13.8 Å². The van der Waals surface area contributed by atoms with Crippen molar-refractivity contribution in [2.24, 2.45) is 0 Å². The molecule has 4 rings (SSSR count). The Hall–Kier alpha value is -2.53. The SMILES string of the molecule is Cc1cc(C(=O)COC(=O)c2c3c(nc4ccccc24)CCCCC3)c(C)s1. The summed E-state index contributed by atoms with van der Waals surface area (Å²) in [5.74, 6) is -0.575. The van der Waals surface area contributed by atoms with Crippen LogP contribution in [-0.4, -0.2) is 23.3 Å². The fraction of sp³-hybridized carbons (Fsp3) is 0.348. The van der Waals surface area contributed by atoms with E-state index in [1.54, 1.807) is 11.3 Å². The average molecular weight is 394 g/mol. The van der Waals surface area contributed by atoms with E-state index < -0.39 is 5.97 Å². The number of aromatic nitrogens is 1. The van der Waals surface area contributed by atoms with Crippen molar-refractivity contribution >= 4 is 34.0 Å². The molecule has 28 heavy (non-hydrogen) atoms. The molecule has 1 aliphatic carbocycles. The third-order valence-corrected chi connectivity index (χ3v) is 6.27. The molecule has 3 aromatic rings. The fourth-order valence-electron chi connectivity index (χ4n) is 3.97. The smallest absolute Gasteiger partial charge is 0.339 e. The number of para-hydroxylation sites is 1. The van der Waals surface area contributed by atoms with Gasteiger partial charge in [0.2, 0.25) is 5.78 Å². The zero-order valence-electron chi connectivity index (χ0n) is 16.2. The van der Waals surface area contributed by atoms with Crippen LogP contribution in [0.15, 0.2) is 30.3 Å². The van der Waals surface area contributed by atoms with E-state index in [9.17, 15) is 9.59 Å². The highest BCUT2D eigenvalue weighted by Crippen LogP contribution is 2.29. The average Bonchev–Trinajstić information content (AvgIpc) is 2.88. The summed E-state index contributed by atoms with van der Waals surface area (Å²) in [6.07, 6.45) is 4.97. The molecule has 4 nitrogen and oxygen atoms in total. The van der Waals surface area contributed by atoms with Gasteiger partial charge in [-0.25, -0.2) is 4.79 Å². The lowest BCUT2D eigenvalue weighted by atomic mass is 9.97. The van der Waals surface area contributed by atoms with Crippen LogP contribution in [0.5, 0.6) is 0 Å².